The second-order valence-electron chi connectivity index (χ2n) is 4.27. The Labute approximate surface area is 124 Å². The van der Waals surface area contributed by atoms with Crippen molar-refractivity contribution in [1.82, 2.24) is 4.98 Å². The fourth-order valence-electron chi connectivity index (χ4n) is 1.82. The molecule has 21 heavy (non-hydrogen) atoms. The van der Waals surface area contributed by atoms with E-state index >= 15 is 0 Å². The Kier molecular flexibility index (Phi) is 3.65. The minimum atomic E-state index is -0.416. The summed E-state index contributed by atoms with van der Waals surface area (Å²) in [6, 6.07) is 10.1. The second-order valence-corrected chi connectivity index (χ2v) is 5.13. The number of thiazole rings is 1. The van der Waals surface area contributed by atoms with E-state index in [0.29, 0.717) is 6.54 Å². The predicted molar refractivity (Wildman–Crippen MR) is 80.2 cm³/mol. The van der Waals surface area contributed by atoms with Crippen LogP contribution in [0.3, 0.4) is 0 Å². The number of rotatable bonds is 5. The summed E-state index contributed by atoms with van der Waals surface area (Å²) in [5, 5.41) is 16.5. The zero-order valence-corrected chi connectivity index (χ0v) is 11.7. The van der Waals surface area contributed by atoms with Crippen molar-refractivity contribution in [2.24, 2.45) is 0 Å². The SMILES string of the molecule is O=[N+]([O-])c1ccc(-c2csc(NCc3ccco3)n2)cc1. The summed E-state index contributed by atoms with van der Waals surface area (Å²) in [7, 11) is 0. The van der Waals surface area contributed by atoms with Gasteiger partial charge in [-0.1, -0.05) is 0 Å². The van der Waals surface area contributed by atoms with Crippen LogP contribution in [0.4, 0.5) is 10.8 Å². The Bertz CT molecular complexity index is 735. The van der Waals surface area contributed by atoms with Crippen LogP contribution in [-0.4, -0.2) is 9.91 Å². The van der Waals surface area contributed by atoms with Gasteiger partial charge in [-0.2, -0.15) is 0 Å². The molecule has 0 aliphatic carbocycles. The van der Waals surface area contributed by atoms with E-state index in [2.05, 4.69) is 10.3 Å². The van der Waals surface area contributed by atoms with Crippen molar-refractivity contribution in [2.45, 2.75) is 6.54 Å². The summed E-state index contributed by atoms with van der Waals surface area (Å²) in [6.07, 6.45) is 1.63. The molecular weight excluding hydrogens is 290 g/mol. The number of hydrogen-bond acceptors (Lipinski definition) is 6. The van der Waals surface area contributed by atoms with Gasteiger partial charge in [-0.05, 0) is 24.3 Å². The molecule has 106 valence electrons. The third-order valence-electron chi connectivity index (χ3n) is 2.87. The van der Waals surface area contributed by atoms with Gasteiger partial charge in [-0.3, -0.25) is 10.1 Å². The third-order valence-corrected chi connectivity index (χ3v) is 3.67. The molecular formula is C14H11N3O3S. The van der Waals surface area contributed by atoms with Crippen LogP contribution in [-0.2, 0) is 6.54 Å². The van der Waals surface area contributed by atoms with Gasteiger partial charge >= 0.3 is 0 Å². The molecule has 7 heteroatoms. The fourth-order valence-corrected chi connectivity index (χ4v) is 2.54. The van der Waals surface area contributed by atoms with Crippen LogP contribution < -0.4 is 5.32 Å². The van der Waals surface area contributed by atoms with Crippen molar-refractivity contribution < 1.29 is 9.34 Å². The van der Waals surface area contributed by atoms with E-state index in [1.165, 1.54) is 23.5 Å². The lowest BCUT2D eigenvalue weighted by molar-refractivity contribution is -0.384. The van der Waals surface area contributed by atoms with Crippen LogP contribution in [0, 0.1) is 10.1 Å². The molecule has 1 aromatic carbocycles. The average molecular weight is 301 g/mol. The van der Waals surface area contributed by atoms with E-state index in [1.807, 2.05) is 17.5 Å². The van der Waals surface area contributed by atoms with E-state index in [1.54, 1.807) is 18.4 Å². The highest BCUT2D eigenvalue weighted by Gasteiger charge is 2.08. The minimum absolute atomic E-state index is 0.0742. The first-order valence-corrected chi connectivity index (χ1v) is 7.07. The molecule has 2 heterocycles. The number of aromatic nitrogens is 1. The van der Waals surface area contributed by atoms with Crippen molar-refractivity contribution in [3.05, 3.63) is 63.9 Å². The lowest BCUT2D eigenvalue weighted by Gasteiger charge is -1.99. The van der Waals surface area contributed by atoms with Crippen LogP contribution in [0.15, 0.2) is 52.5 Å². The lowest BCUT2D eigenvalue weighted by Crippen LogP contribution is -1.97. The van der Waals surface area contributed by atoms with Gasteiger partial charge in [-0.15, -0.1) is 11.3 Å². The van der Waals surface area contributed by atoms with Crippen molar-refractivity contribution in [2.75, 3.05) is 5.32 Å². The highest BCUT2D eigenvalue weighted by molar-refractivity contribution is 7.14. The molecule has 0 atom stereocenters. The molecule has 3 rings (SSSR count). The van der Waals surface area contributed by atoms with E-state index < -0.39 is 4.92 Å². The maximum Gasteiger partial charge on any atom is 0.269 e. The Balaban J connectivity index is 1.70. The van der Waals surface area contributed by atoms with Gasteiger partial charge in [0.25, 0.3) is 5.69 Å². The highest BCUT2D eigenvalue weighted by Crippen LogP contribution is 2.26. The number of nitro groups is 1. The third kappa shape index (κ3) is 3.09. The van der Waals surface area contributed by atoms with E-state index in [-0.39, 0.29) is 5.69 Å². The molecule has 6 nitrogen and oxygen atoms in total. The van der Waals surface area contributed by atoms with Crippen LogP contribution in [0.2, 0.25) is 0 Å². The van der Waals surface area contributed by atoms with Crippen LogP contribution in [0.5, 0.6) is 0 Å². The normalized spacial score (nSPS) is 10.5. The molecule has 0 fully saturated rings. The quantitative estimate of drug-likeness (QED) is 0.570. The fraction of sp³-hybridized carbons (Fsp3) is 0.0714. The van der Waals surface area contributed by atoms with Gasteiger partial charge in [-0.25, -0.2) is 4.98 Å². The van der Waals surface area contributed by atoms with Gasteiger partial charge < -0.3 is 9.73 Å². The Hall–Kier alpha value is -2.67. The molecule has 0 saturated heterocycles. The summed E-state index contributed by atoms with van der Waals surface area (Å²) in [5.41, 5.74) is 1.71. The summed E-state index contributed by atoms with van der Waals surface area (Å²) in [4.78, 5) is 14.7. The largest absolute Gasteiger partial charge is 0.467 e. The predicted octanol–water partition coefficient (Wildman–Crippen LogP) is 3.92. The smallest absolute Gasteiger partial charge is 0.269 e. The number of furan rings is 1. The minimum Gasteiger partial charge on any atom is -0.467 e. The highest BCUT2D eigenvalue weighted by atomic mass is 32.1. The molecule has 0 amide bonds. The Morgan fingerprint density at radius 3 is 2.76 bits per heavy atom. The van der Waals surface area contributed by atoms with Crippen LogP contribution in [0.1, 0.15) is 5.76 Å². The molecule has 0 aliphatic heterocycles. The van der Waals surface area contributed by atoms with E-state index in [4.69, 9.17) is 4.42 Å². The first kappa shape index (κ1) is 13.3. The molecule has 0 aliphatic rings. The Morgan fingerprint density at radius 2 is 2.10 bits per heavy atom. The van der Waals surface area contributed by atoms with Gasteiger partial charge in [0.1, 0.15) is 5.76 Å². The van der Waals surface area contributed by atoms with Crippen LogP contribution in [0.25, 0.3) is 11.3 Å². The zero-order chi connectivity index (χ0) is 14.7. The first-order chi connectivity index (χ1) is 10.2. The number of hydrogen-bond donors (Lipinski definition) is 1. The van der Waals surface area contributed by atoms with Crippen LogP contribution >= 0.6 is 11.3 Å². The van der Waals surface area contributed by atoms with Gasteiger partial charge in [0, 0.05) is 23.1 Å². The molecule has 3 aromatic rings. The second kappa shape index (κ2) is 5.76. The first-order valence-electron chi connectivity index (χ1n) is 6.19. The number of non-ortho nitro benzene ring substituents is 1. The number of benzene rings is 1. The standard InChI is InChI=1S/C14H11N3O3S/c18-17(19)11-5-3-10(4-6-11)13-9-21-14(16-13)15-8-12-2-1-7-20-12/h1-7,9H,8H2,(H,15,16). The number of anilines is 1. The molecule has 0 unspecified atom stereocenters. The van der Waals surface area contributed by atoms with Crippen molar-refractivity contribution >= 4 is 22.2 Å². The monoisotopic (exact) mass is 301 g/mol. The maximum atomic E-state index is 10.6. The van der Waals surface area contributed by atoms with Crippen molar-refractivity contribution in [3.63, 3.8) is 0 Å². The summed E-state index contributed by atoms with van der Waals surface area (Å²) in [6.45, 7) is 0.570. The molecule has 0 saturated carbocycles. The van der Waals surface area contributed by atoms with E-state index in [0.717, 1.165) is 22.1 Å². The topological polar surface area (TPSA) is 81.2 Å². The van der Waals surface area contributed by atoms with Gasteiger partial charge in [0.2, 0.25) is 0 Å². The molecule has 2 aromatic heterocycles. The van der Waals surface area contributed by atoms with E-state index in [9.17, 15) is 10.1 Å². The molecule has 0 spiro atoms. The molecule has 1 N–H and O–H groups in total. The maximum absolute atomic E-state index is 10.6. The van der Waals surface area contributed by atoms with Crippen molar-refractivity contribution in [3.8, 4) is 11.3 Å². The Morgan fingerprint density at radius 1 is 1.29 bits per heavy atom. The lowest BCUT2D eigenvalue weighted by atomic mass is 10.1. The van der Waals surface area contributed by atoms with Crippen molar-refractivity contribution in [1.29, 1.82) is 0 Å². The van der Waals surface area contributed by atoms with Gasteiger partial charge in [0.05, 0.1) is 23.4 Å². The number of nitrogens with one attached hydrogen (secondary N) is 1. The summed E-state index contributed by atoms with van der Waals surface area (Å²) in [5.74, 6) is 0.835. The number of nitro benzene ring substituents is 1. The molecule has 0 bridgehead atoms. The number of nitrogens with zero attached hydrogens (tertiary/aromatic N) is 2. The summed E-state index contributed by atoms with van der Waals surface area (Å²) < 4.78 is 5.23. The average Bonchev–Trinajstić information content (AvgIpc) is 3.17. The van der Waals surface area contributed by atoms with Gasteiger partial charge in [0.15, 0.2) is 5.13 Å². The zero-order valence-electron chi connectivity index (χ0n) is 10.9. The molecule has 0 radical (unpaired) electrons. The summed E-state index contributed by atoms with van der Waals surface area (Å²) >= 11 is 1.48.